The highest BCUT2D eigenvalue weighted by molar-refractivity contribution is 5.87. The van der Waals surface area contributed by atoms with Gasteiger partial charge in [-0.3, -0.25) is 15.1 Å². The van der Waals surface area contributed by atoms with Crippen LogP contribution in [0.1, 0.15) is 5.69 Å². The quantitative estimate of drug-likeness (QED) is 0.656. The van der Waals surface area contributed by atoms with Gasteiger partial charge in [-0.2, -0.15) is 0 Å². The highest BCUT2D eigenvalue weighted by Crippen LogP contribution is 2.28. The average Bonchev–Trinajstić information content (AvgIpc) is 2.35. The zero-order valence-corrected chi connectivity index (χ0v) is 9.92. The monoisotopic (exact) mass is 247 g/mol. The molecule has 0 saturated heterocycles. The number of fused-ring (bicyclic) bond motifs is 1. The van der Waals surface area contributed by atoms with Crippen molar-refractivity contribution in [1.29, 1.82) is 0 Å². The standard InChI is InChI=1S/C12H13N3O3/c1-8-6-12(18-5-4-13)10-7-9(15(16)17)2-3-11(10)14-8/h2-3,6-7H,4-5,13H2,1H3. The molecule has 0 spiro atoms. The third-order valence-corrected chi connectivity index (χ3v) is 2.47. The number of pyridine rings is 1. The first-order valence-electron chi connectivity index (χ1n) is 5.50. The molecule has 94 valence electrons. The maximum absolute atomic E-state index is 10.8. The van der Waals surface area contributed by atoms with Crippen molar-refractivity contribution in [1.82, 2.24) is 4.98 Å². The Labute approximate surface area is 104 Å². The van der Waals surface area contributed by atoms with E-state index >= 15 is 0 Å². The zero-order chi connectivity index (χ0) is 13.1. The summed E-state index contributed by atoms with van der Waals surface area (Å²) >= 11 is 0. The Kier molecular flexibility index (Phi) is 3.38. The molecule has 0 radical (unpaired) electrons. The fourth-order valence-electron chi connectivity index (χ4n) is 1.71. The highest BCUT2D eigenvalue weighted by atomic mass is 16.6. The molecule has 0 amide bonds. The van der Waals surface area contributed by atoms with Crippen molar-refractivity contribution >= 4 is 16.6 Å². The van der Waals surface area contributed by atoms with Crippen molar-refractivity contribution in [2.75, 3.05) is 13.2 Å². The molecule has 0 aliphatic heterocycles. The van der Waals surface area contributed by atoms with Crippen LogP contribution in [0.2, 0.25) is 0 Å². The Balaban J connectivity index is 2.58. The van der Waals surface area contributed by atoms with E-state index in [0.717, 1.165) is 5.69 Å². The van der Waals surface area contributed by atoms with E-state index in [2.05, 4.69) is 4.98 Å². The zero-order valence-electron chi connectivity index (χ0n) is 9.92. The number of aryl methyl sites for hydroxylation is 1. The number of nitrogens with two attached hydrogens (primary N) is 1. The molecule has 0 atom stereocenters. The lowest BCUT2D eigenvalue weighted by molar-refractivity contribution is -0.384. The van der Waals surface area contributed by atoms with Crippen LogP contribution in [-0.2, 0) is 0 Å². The third kappa shape index (κ3) is 2.38. The normalized spacial score (nSPS) is 10.6. The summed E-state index contributed by atoms with van der Waals surface area (Å²) in [5, 5.41) is 11.4. The van der Waals surface area contributed by atoms with Crippen molar-refractivity contribution in [3.63, 3.8) is 0 Å². The molecule has 0 fully saturated rings. The van der Waals surface area contributed by atoms with Crippen LogP contribution in [0.25, 0.3) is 10.9 Å². The minimum atomic E-state index is -0.438. The van der Waals surface area contributed by atoms with E-state index < -0.39 is 4.92 Å². The SMILES string of the molecule is Cc1cc(OCCN)c2cc([N+](=O)[O-])ccc2n1. The minimum Gasteiger partial charge on any atom is -0.491 e. The molecule has 2 aromatic rings. The molecule has 0 aliphatic carbocycles. The van der Waals surface area contributed by atoms with Crippen LogP contribution in [-0.4, -0.2) is 23.1 Å². The maximum Gasteiger partial charge on any atom is 0.270 e. The molecule has 6 heteroatoms. The summed E-state index contributed by atoms with van der Waals surface area (Å²) in [5.41, 5.74) is 6.88. The molecule has 0 bridgehead atoms. The Bertz CT molecular complexity index is 598. The number of aromatic nitrogens is 1. The number of hydrogen-bond acceptors (Lipinski definition) is 5. The molecule has 18 heavy (non-hydrogen) atoms. The fraction of sp³-hybridized carbons (Fsp3) is 0.250. The lowest BCUT2D eigenvalue weighted by Crippen LogP contribution is -2.11. The van der Waals surface area contributed by atoms with Gasteiger partial charge in [0.1, 0.15) is 12.4 Å². The molecular formula is C12H13N3O3. The molecule has 0 unspecified atom stereocenters. The van der Waals surface area contributed by atoms with Crippen LogP contribution in [0.5, 0.6) is 5.75 Å². The maximum atomic E-state index is 10.8. The van der Waals surface area contributed by atoms with Gasteiger partial charge < -0.3 is 10.5 Å². The summed E-state index contributed by atoms with van der Waals surface area (Å²) in [6.45, 7) is 2.59. The summed E-state index contributed by atoms with van der Waals surface area (Å²) in [6.07, 6.45) is 0. The average molecular weight is 247 g/mol. The topological polar surface area (TPSA) is 91.3 Å². The molecule has 2 rings (SSSR count). The number of rotatable bonds is 4. The van der Waals surface area contributed by atoms with Gasteiger partial charge in [-0.15, -0.1) is 0 Å². The number of hydrogen-bond donors (Lipinski definition) is 1. The number of ether oxygens (including phenoxy) is 1. The van der Waals surface area contributed by atoms with Crippen molar-refractivity contribution in [3.05, 3.63) is 40.1 Å². The summed E-state index contributed by atoms with van der Waals surface area (Å²) in [4.78, 5) is 14.6. The van der Waals surface area contributed by atoms with E-state index in [0.29, 0.717) is 29.8 Å². The van der Waals surface area contributed by atoms with Gasteiger partial charge in [0.25, 0.3) is 5.69 Å². The van der Waals surface area contributed by atoms with Crippen LogP contribution in [0.4, 0.5) is 5.69 Å². The van der Waals surface area contributed by atoms with Crippen molar-refractivity contribution in [3.8, 4) is 5.75 Å². The van der Waals surface area contributed by atoms with Gasteiger partial charge in [0.15, 0.2) is 0 Å². The summed E-state index contributed by atoms with van der Waals surface area (Å²) in [6, 6.07) is 6.27. The van der Waals surface area contributed by atoms with Gasteiger partial charge in [0, 0.05) is 35.8 Å². The van der Waals surface area contributed by atoms with Crippen LogP contribution in [0, 0.1) is 17.0 Å². The van der Waals surface area contributed by atoms with E-state index in [1.165, 1.54) is 12.1 Å². The van der Waals surface area contributed by atoms with E-state index in [1.807, 2.05) is 6.92 Å². The molecule has 1 aromatic heterocycles. The second kappa shape index (κ2) is 4.97. The van der Waals surface area contributed by atoms with Gasteiger partial charge in [0.2, 0.25) is 0 Å². The molecule has 0 aliphatic rings. The first-order chi connectivity index (χ1) is 8.61. The summed E-state index contributed by atoms with van der Waals surface area (Å²) in [5.74, 6) is 0.576. The molecule has 1 aromatic carbocycles. The molecule has 0 saturated carbocycles. The second-order valence-corrected chi connectivity index (χ2v) is 3.86. The lowest BCUT2D eigenvalue weighted by Gasteiger charge is -2.09. The van der Waals surface area contributed by atoms with Crippen LogP contribution in [0.15, 0.2) is 24.3 Å². The Hall–Kier alpha value is -2.21. The number of benzene rings is 1. The molecule has 1 heterocycles. The number of nitro groups is 1. The molecule has 2 N–H and O–H groups in total. The Morgan fingerprint density at radius 2 is 2.22 bits per heavy atom. The molecular weight excluding hydrogens is 234 g/mol. The third-order valence-electron chi connectivity index (χ3n) is 2.47. The van der Waals surface area contributed by atoms with Crippen LogP contribution in [0.3, 0.4) is 0 Å². The number of non-ortho nitro benzene ring substituents is 1. The minimum absolute atomic E-state index is 0.0192. The number of nitro benzene ring substituents is 1. The summed E-state index contributed by atoms with van der Waals surface area (Å²) < 4.78 is 5.50. The molecule has 6 nitrogen and oxygen atoms in total. The van der Waals surface area contributed by atoms with E-state index in [9.17, 15) is 10.1 Å². The van der Waals surface area contributed by atoms with Gasteiger partial charge in [0.05, 0.1) is 10.4 Å². The van der Waals surface area contributed by atoms with Crippen molar-refractivity contribution in [2.24, 2.45) is 5.73 Å². The first kappa shape index (κ1) is 12.3. The van der Waals surface area contributed by atoms with Crippen molar-refractivity contribution < 1.29 is 9.66 Å². The smallest absolute Gasteiger partial charge is 0.270 e. The van der Waals surface area contributed by atoms with Gasteiger partial charge in [-0.25, -0.2) is 0 Å². The predicted molar refractivity (Wildman–Crippen MR) is 67.7 cm³/mol. The number of nitrogens with zero attached hydrogens (tertiary/aromatic N) is 2. The highest BCUT2D eigenvalue weighted by Gasteiger charge is 2.11. The lowest BCUT2D eigenvalue weighted by atomic mass is 10.1. The summed E-state index contributed by atoms with van der Waals surface area (Å²) in [7, 11) is 0. The van der Waals surface area contributed by atoms with E-state index in [-0.39, 0.29) is 5.69 Å². The fourth-order valence-corrected chi connectivity index (χ4v) is 1.71. The Morgan fingerprint density at radius 3 is 2.89 bits per heavy atom. The largest absolute Gasteiger partial charge is 0.491 e. The van der Waals surface area contributed by atoms with E-state index in [4.69, 9.17) is 10.5 Å². The van der Waals surface area contributed by atoms with Crippen molar-refractivity contribution in [2.45, 2.75) is 6.92 Å². The van der Waals surface area contributed by atoms with Crippen LogP contribution >= 0.6 is 0 Å². The van der Waals surface area contributed by atoms with Gasteiger partial charge in [-0.1, -0.05) is 0 Å². The van der Waals surface area contributed by atoms with Gasteiger partial charge in [-0.05, 0) is 13.0 Å². The second-order valence-electron chi connectivity index (χ2n) is 3.86. The van der Waals surface area contributed by atoms with Crippen LogP contribution < -0.4 is 10.5 Å². The van der Waals surface area contributed by atoms with Gasteiger partial charge >= 0.3 is 0 Å². The van der Waals surface area contributed by atoms with E-state index in [1.54, 1.807) is 12.1 Å². The Morgan fingerprint density at radius 1 is 1.44 bits per heavy atom. The predicted octanol–water partition coefficient (Wildman–Crippen LogP) is 1.79. The first-order valence-corrected chi connectivity index (χ1v) is 5.50.